The lowest BCUT2D eigenvalue weighted by Gasteiger charge is -2.30. The minimum atomic E-state index is 0.488. The average Bonchev–Trinajstić information content (AvgIpc) is 2.89. The molecule has 1 N–H and O–H groups in total. The van der Waals surface area contributed by atoms with Crippen molar-refractivity contribution in [3.05, 3.63) is 10.6 Å². The molecule has 0 atom stereocenters. The van der Waals surface area contributed by atoms with Gasteiger partial charge in [0.1, 0.15) is 0 Å². The number of anilines is 1. The van der Waals surface area contributed by atoms with Crippen LogP contribution in [0.5, 0.6) is 0 Å². The molecule has 0 unspecified atom stereocenters. The molecule has 5 heteroatoms. The van der Waals surface area contributed by atoms with Crippen LogP contribution in [0.15, 0.2) is 0 Å². The van der Waals surface area contributed by atoms with Crippen LogP contribution in [0.25, 0.3) is 0 Å². The summed E-state index contributed by atoms with van der Waals surface area (Å²) in [7, 11) is 3.94. The van der Waals surface area contributed by atoms with Crippen molar-refractivity contribution in [1.82, 2.24) is 10.3 Å². The van der Waals surface area contributed by atoms with Crippen LogP contribution in [-0.2, 0) is 17.9 Å². The number of hydrogen-bond donors (Lipinski definition) is 1. The Kier molecular flexibility index (Phi) is 6.45. The maximum Gasteiger partial charge on any atom is 0.185 e. The second kappa shape index (κ2) is 8.11. The molecule has 0 saturated heterocycles. The zero-order chi connectivity index (χ0) is 15.2. The standard InChI is InChI=1S/C16H29N3OS/c1-12(2)17-10-15-14(11-20-4)18-16(21-15)19(3)13-8-6-5-7-9-13/h12-13,17H,5-11H2,1-4H3. The molecule has 0 bridgehead atoms. The van der Waals surface area contributed by atoms with E-state index in [-0.39, 0.29) is 0 Å². The molecular weight excluding hydrogens is 282 g/mol. The van der Waals surface area contributed by atoms with Gasteiger partial charge in [0.25, 0.3) is 0 Å². The Morgan fingerprint density at radius 3 is 2.67 bits per heavy atom. The predicted molar refractivity (Wildman–Crippen MR) is 90.1 cm³/mol. The van der Waals surface area contributed by atoms with E-state index in [4.69, 9.17) is 9.72 Å². The molecule has 0 radical (unpaired) electrons. The van der Waals surface area contributed by atoms with Crippen LogP contribution in [-0.4, -0.2) is 31.2 Å². The molecule has 1 aliphatic rings. The lowest BCUT2D eigenvalue weighted by Crippen LogP contribution is -2.33. The lowest BCUT2D eigenvalue weighted by atomic mass is 9.95. The SMILES string of the molecule is COCc1nc(N(C)C2CCCCC2)sc1CNC(C)C. The Balaban J connectivity index is 2.09. The summed E-state index contributed by atoms with van der Waals surface area (Å²) in [6, 6.07) is 1.15. The summed E-state index contributed by atoms with van der Waals surface area (Å²) in [6.45, 7) is 5.83. The van der Waals surface area contributed by atoms with Gasteiger partial charge in [-0.15, -0.1) is 11.3 Å². The van der Waals surface area contributed by atoms with Gasteiger partial charge in [-0.1, -0.05) is 33.1 Å². The minimum absolute atomic E-state index is 0.488. The zero-order valence-corrected chi connectivity index (χ0v) is 14.6. The van der Waals surface area contributed by atoms with Crippen molar-refractivity contribution in [3.8, 4) is 0 Å². The number of rotatable bonds is 7. The Morgan fingerprint density at radius 1 is 1.33 bits per heavy atom. The molecule has 1 aliphatic carbocycles. The quantitative estimate of drug-likeness (QED) is 0.835. The number of nitrogens with zero attached hydrogens (tertiary/aromatic N) is 2. The summed E-state index contributed by atoms with van der Waals surface area (Å²) in [5.74, 6) is 0. The molecule has 1 aromatic heterocycles. The van der Waals surface area contributed by atoms with Crippen LogP contribution < -0.4 is 10.2 Å². The molecule has 1 aromatic rings. The van der Waals surface area contributed by atoms with Crippen molar-refractivity contribution in [3.63, 3.8) is 0 Å². The van der Waals surface area contributed by atoms with Gasteiger partial charge < -0.3 is 15.0 Å². The van der Waals surface area contributed by atoms with E-state index in [1.807, 2.05) is 11.3 Å². The van der Waals surface area contributed by atoms with Gasteiger partial charge in [0.15, 0.2) is 5.13 Å². The van der Waals surface area contributed by atoms with Gasteiger partial charge in [0.05, 0.1) is 12.3 Å². The van der Waals surface area contributed by atoms with Gasteiger partial charge in [0.2, 0.25) is 0 Å². The molecule has 1 heterocycles. The van der Waals surface area contributed by atoms with E-state index >= 15 is 0 Å². The van der Waals surface area contributed by atoms with Crippen molar-refractivity contribution in [2.45, 2.75) is 71.2 Å². The summed E-state index contributed by atoms with van der Waals surface area (Å²) in [5.41, 5.74) is 1.09. The average molecular weight is 311 g/mol. The third kappa shape index (κ3) is 4.66. The van der Waals surface area contributed by atoms with Crippen molar-refractivity contribution < 1.29 is 4.74 Å². The molecule has 0 aromatic carbocycles. The Morgan fingerprint density at radius 2 is 2.05 bits per heavy atom. The van der Waals surface area contributed by atoms with Gasteiger partial charge in [-0.2, -0.15) is 0 Å². The van der Waals surface area contributed by atoms with E-state index in [2.05, 4.69) is 31.1 Å². The summed E-state index contributed by atoms with van der Waals surface area (Å²) in [4.78, 5) is 8.53. The maximum absolute atomic E-state index is 5.31. The molecule has 120 valence electrons. The number of hydrogen-bond acceptors (Lipinski definition) is 5. The van der Waals surface area contributed by atoms with Crippen molar-refractivity contribution in [2.24, 2.45) is 0 Å². The fraction of sp³-hybridized carbons (Fsp3) is 0.812. The van der Waals surface area contributed by atoms with E-state index in [0.717, 1.165) is 17.4 Å². The topological polar surface area (TPSA) is 37.4 Å². The molecule has 0 spiro atoms. The van der Waals surface area contributed by atoms with E-state index in [0.29, 0.717) is 18.7 Å². The maximum atomic E-state index is 5.31. The number of nitrogens with one attached hydrogen (secondary N) is 1. The molecule has 0 amide bonds. The second-order valence-corrected chi connectivity index (χ2v) is 7.30. The smallest absolute Gasteiger partial charge is 0.185 e. The summed E-state index contributed by atoms with van der Waals surface area (Å²) >= 11 is 1.82. The van der Waals surface area contributed by atoms with Crippen molar-refractivity contribution in [2.75, 3.05) is 19.1 Å². The fourth-order valence-electron chi connectivity index (χ4n) is 2.83. The van der Waals surface area contributed by atoms with E-state index in [1.165, 1.54) is 37.0 Å². The zero-order valence-electron chi connectivity index (χ0n) is 13.8. The van der Waals surface area contributed by atoms with Crippen LogP contribution >= 0.6 is 11.3 Å². The normalized spacial score (nSPS) is 16.6. The lowest BCUT2D eigenvalue weighted by molar-refractivity contribution is 0.181. The predicted octanol–water partition coefficient (Wildman–Crippen LogP) is 3.56. The van der Waals surface area contributed by atoms with Gasteiger partial charge in [-0.3, -0.25) is 0 Å². The summed E-state index contributed by atoms with van der Waals surface area (Å²) in [6.07, 6.45) is 6.70. The summed E-state index contributed by atoms with van der Waals surface area (Å²) < 4.78 is 5.31. The molecule has 4 nitrogen and oxygen atoms in total. The van der Waals surface area contributed by atoms with Crippen LogP contribution in [0.4, 0.5) is 5.13 Å². The first-order valence-electron chi connectivity index (χ1n) is 8.05. The Hall–Kier alpha value is -0.650. The highest BCUT2D eigenvalue weighted by Gasteiger charge is 2.22. The van der Waals surface area contributed by atoms with Crippen molar-refractivity contribution in [1.29, 1.82) is 0 Å². The molecule has 2 rings (SSSR count). The molecule has 1 fully saturated rings. The van der Waals surface area contributed by atoms with Gasteiger partial charge in [-0.25, -0.2) is 4.98 Å². The van der Waals surface area contributed by atoms with Crippen LogP contribution in [0, 0.1) is 0 Å². The largest absolute Gasteiger partial charge is 0.378 e. The minimum Gasteiger partial charge on any atom is -0.378 e. The number of methoxy groups -OCH3 is 1. The number of thiazole rings is 1. The number of aromatic nitrogens is 1. The highest BCUT2D eigenvalue weighted by atomic mass is 32.1. The second-order valence-electron chi connectivity index (χ2n) is 6.24. The first-order valence-corrected chi connectivity index (χ1v) is 8.87. The van der Waals surface area contributed by atoms with E-state index in [1.54, 1.807) is 7.11 Å². The van der Waals surface area contributed by atoms with Gasteiger partial charge in [0, 0.05) is 37.7 Å². The van der Waals surface area contributed by atoms with E-state index in [9.17, 15) is 0 Å². The van der Waals surface area contributed by atoms with Gasteiger partial charge in [-0.05, 0) is 12.8 Å². The monoisotopic (exact) mass is 311 g/mol. The third-order valence-corrected chi connectivity index (χ3v) is 5.33. The van der Waals surface area contributed by atoms with Crippen LogP contribution in [0.2, 0.25) is 0 Å². The van der Waals surface area contributed by atoms with Crippen LogP contribution in [0.3, 0.4) is 0 Å². The summed E-state index contributed by atoms with van der Waals surface area (Å²) in [5, 5.41) is 4.64. The third-order valence-electron chi connectivity index (χ3n) is 4.14. The van der Waals surface area contributed by atoms with E-state index < -0.39 is 0 Å². The molecule has 1 saturated carbocycles. The Labute approximate surface area is 132 Å². The molecular formula is C16H29N3OS. The number of ether oxygens (including phenoxy) is 1. The Bertz CT molecular complexity index is 427. The highest BCUT2D eigenvalue weighted by molar-refractivity contribution is 7.15. The van der Waals surface area contributed by atoms with Gasteiger partial charge >= 0.3 is 0 Å². The fourth-order valence-corrected chi connectivity index (χ4v) is 3.88. The van der Waals surface area contributed by atoms with Crippen molar-refractivity contribution >= 4 is 16.5 Å². The molecule has 0 aliphatic heterocycles. The highest BCUT2D eigenvalue weighted by Crippen LogP contribution is 2.31. The van der Waals surface area contributed by atoms with Crippen LogP contribution in [0.1, 0.15) is 56.5 Å². The molecule has 21 heavy (non-hydrogen) atoms. The first-order chi connectivity index (χ1) is 10.1. The first kappa shape index (κ1) is 16.7.